The Hall–Kier alpha value is -2.71. The summed E-state index contributed by atoms with van der Waals surface area (Å²) >= 11 is 0. The number of halogens is 2. The molecule has 0 unspecified atom stereocenters. The third kappa shape index (κ3) is 3.45. The molecule has 1 aliphatic carbocycles. The SMILES string of the molecule is Cc1nc2cnc3[nH]ccc3c2n1[C@H]1CC[C@H](NC(=O)OCC(F)F)CC1. The van der Waals surface area contributed by atoms with E-state index in [-0.39, 0.29) is 12.1 Å². The minimum atomic E-state index is -2.65. The predicted octanol–water partition coefficient (Wildman–Crippen LogP) is 3.70. The van der Waals surface area contributed by atoms with E-state index in [0.717, 1.165) is 53.6 Å². The highest BCUT2D eigenvalue weighted by Gasteiger charge is 2.27. The average Bonchev–Trinajstić information content (AvgIpc) is 3.24. The van der Waals surface area contributed by atoms with Crippen LogP contribution < -0.4 is 5.32 Å². The number of fused-ring (bicyclic) bond motifs is 3. The van der Waals surface area contributed by atoms with E-state index in [2.05, 4.69) is 29.6 Å². The summed E-state index contributed by atoms with van der Waals surface area (Å²) in [5, 5.41) is 3.73. The van der Waals surface area contributed by atoms with Gasteiger partial charge < -0.3 is 19.6 Å². The van der Waals surface area contributed by atoms with Crippen LogP contribution in [0.5, 0.6) is 0 Å². The van der Waals surface area contributed by atoms with Gasteiger partial charge in [-0.15, -0.1) is 0 Å². The Morgan fingerprint density at radius 3 is 2.93 bits per heavy atom. The van der Waals surface area contributed by atoms with Crippen molar-refractivity contribution in [2.45, 2.75) is 51.1 Å². The maximum Gasteiger partial charge on any atom is 0.407 e. The molecule has 0 spiro atoms. The average molecular weight is 377 g/mol. The highest BCUT2D eigenvalue weighted by Crippen LogP contribution is 2.34. The number of hydrogen-bond acceptors (Lipinski definition) is 4. The second kappa shape index (κ2) is 7.13. The summed E-state index contributed by atoms with van der Waals surface area (Å²) in [5.74, 6) is 0.938. The van der Waals surface area contributed by atoms with Crippen molar-refractivity contribution in [1.29, 1.82) is 0 Å². The Kier molecular flexibility index (Phi) is 4.67. The Bertz CT molecular complexity index is 959. The van der Waals surface area contributed by atoms with Gasteiger partial charge in [0.05, 0.1) is 11.7 Å². The number of pyridine rings is 1. The number of carbonyl (C=O) groups is 1. The number of rotatable bonds is 4. The number of aryl methyl sites for hydroxylation is 1. The van der Waals surface area contributed by atoms with Crippen LogP contribution in [0.3, 0.4) is 0 Å². The van der Waals surface area contributed by atoms with Crippen molar-refractivity contribution in [3.63, 3.8) is 0 Å². The lowest BCUT2D eigenvalue weighted by Gasteiger charge is -2.30. The molecule has 144 valence electrons. The van der Waals surface area contributed by atoms with Crippen molar-refractivity contribution in [2.75, 3.05) is 6.61 Å². The van der Waals surface area contributed by atoms with Gasteiger partial charge in [0.15, 0.2) is 6.61 Å². The Morgan fingerprint density at radius 1 is 1.41 bits per heavy atom. The Labute approximate surface area is 154 Å². The number of hydrogen-bond donors (Lipinski definition) is 2. The zero-order chi connectivity index (χ0) is 19.0. The summed E-state index contributed by atoms with van der Waals surface area (Å²) < 4.78 is 31.0. The number of ether oxygens (including phenoxy) is 1. The normalized spacial score (nSPS) is 20.4. The largest absolute Gasteiger partial charge is 0.443 e. The molecule has 9 heteroatoms. The number of alkyl carbamates (subject to hydrolysis) is 1. The summed E-state index contributed by atoms with van der Waals surface area (Å²) in [7, 11) is 0. The molecule has 1 fully saturated rings. The minimum Gasteiger partial charge on any atom is -0.443 e. The molecule has 3 aromatic rings. The smallest absolute Gasteiger partial charge is 0.407 e. The number of aromatic amines is 1. The molecular weight excluding hydrogens is 356 g/mol. The Morgan fingerprint density at radius 2 is 2.19 bits per heavy atom. The van der Waals surface area contributed by atoms with E-state index in [1.54, 1.807) is 6.20 Å². The van der Waals surface area contributed by atoms with Crippen LogP contribution in [0.2, 0.25) is 0 Å². The van der Waals surface area contributed by atoms with E-state index in [0.29, 0.717) is 0 Å². The number of alkyl halides is 2. The van der Waals surface area contributed by atoms with Crippen molar-refractivity contribution < 1.29 is 18.3 Å². The molecule has 0 aliphatic heterocycles. The maximum atomic E-state index is 12.1. The van der Waals surface area contributed by atoms with E-state index < -0.39 is 19.1 Å². The van der Waals surface area contributed by atoms with Crippen LogP contribution in [0.15, 0.2) is 18.5 Å². The molecule has 0 atom stereocenters. The van der Waals surface area contributed by atoms with Crippen LogP contribution in [0.1, 0.15) is 37.5 Å². The monoisotopic (exact) mass is 377 g/mol. The number of nitrogens with one attached hydrogen (secondary N) is 2. The van der Waals surface area contributed by atoms with E-state index in [1.165, 1.54) is 0 Å². The lowest BCUT2D eigenvalue weighted by atomic mass is 9.91. The first-order chi connectivity index (χ1) is 13.0. The zero-order valence-corrected chi connectivity index (χ0v) is 14.9. The highest BCUT2D eigenvalue weighted by molar-refractivity contribution is 6.01. The first-order valence-corrected chi connectivity index (χ1v) is 9.05. The fraction of sp³-hybridized carbons (Fsp3) is 0.500. The predicted molar refractivity (Wildman–Crippen MR) is 95.9 cm³/mol. The second-order valence-electron chi connectivity index (χ2n) is 6.90. The fourth-order valence-electron chi connectivity index (χ4n) is 3.98. The van der Waals surface area contributed by atoms with Crippen molar-refractivity contribution in [3.05, 3.63) is 24.3 Å². The van der Waals surface area contributed by atoms with Gasteiger partial charge in [-0.25, -0.2) is 23.5 Å². The summed E-state index contributed by atoms with van der Waals surface area (Å²) in [6.07, 6.45) is 3.47. The lowest BCUT2D eigenvalue weighted by Crippen LogP contribution is -2.38. The van der Waals surface area contributed by atoms with Gasteiger partial charge in [0.25, 0.3) is 6.43 Å². The quantitative estimate of drug-likeness (QED) is 0.726. The first-order valence-electron chi connectivity index (χ1n) is 9.05. The number of aromatic nitrogens is 4. The van der Waals surface area contributed by atoms with Gasteiger partial charge in [-0.05, 0) is 38.7 Å². The van der Waals surface area contributed by atoms with Gasteiger partial charge in [-0.1, -0.05) is 0 Å². The maximum absolute atomic E-state index is 12.1. The van der Waals surface area contributed by atoms with Gasteiger partial charge in [0.2, 0.25) is 0 Å². The van der Waals surface area contributed by atoms with Crippen LogP contribution in [0, 0.1) is 6.92 Å². The van der Waals surface area contributed by atoms with Gasteiger partial charge in [-0.3, -0.25) is 0 Å². The lowest BCUT2D eigenvalue weighted by molar-refractivity contribution is 0.0467. The standard InChI is InChI=1S/C18H21F2N5O2/c1-10-23-14-8-22-17-13(6-7-21-17)16(14)25(10)12-4-2-11(3-5-12)24-18(26)27-9-15(19)20/h6-8,11-12,15H,2-5,9H2,1H3,(H,21,22)(H,24,26)/t11-,12-. The molecule has 1 amide bonds. The van der Waals surface area contributed by atoms with Gasteiger partial charge in [-0.2, -0.15) is 0 Å². The van der Waals surface area contributed by atoms with Crippen LogP contribution in [-0.4, -0.2) is 44.7 Å². The number of imidazole rings is 1. The van der Waals surface area contributed by atoms with Crippen LogP contribution in [0.25, 0.3) is 22.1 Å². The fourth-order valence-corrected chi connectivity index (χ4v) is 3.98. The van der Waals surface area contributed by atoms with Crippen LogP contribution in [0.4, 0.5) is 13.6 Å². The van der Waals surface area contributed by atoms with E-state index in [4.69, 9.17) is 0 Å². The molecule has 27 heavy (non-hydrogen) atoms. The summed E-state index contributed by atoms with van der Waals surface area (Å²) in [6.45, 7) is 1.12. The molecule has 0 aromatic carbocycles. The minimum absolute atomic E-state index is 0.0598. The second-order valence-corrected chi connectivity index (χ2v) is 6.90. The van der Waals surface area contributed by atoms with Gasteiger partial charge in [0, 0.05) is 23.7 Å². The molecule has 1 aliphatic rings. The van der Waals surface area contributed by atoms with Gasteiger partial charge >= 0.3 is 6.09 Å². The molecular formula is C18H21F2N5O2. The molecule has 0 radical (unpaired) electrons. The molecule has 0 bridgehead atoms. The van der Waals surface area contributed by atoms with Crippen LogP contribution in [-0.2, 0) is 4.74 Å². The van der Waals surface area contributed by atoms with Crippen LogP contribution >= 0.6 is 0 Å². The van der Waals surface area contributed by atoms with Crippen molar-refractivity contribution in [3.8, 4) is 0 Å². The molecule has 4 rings (SSSR count). The van der Waals surface area contributed by atoms with Crippen molar-refractivity contribution in [1.82, 2.24) is 24.8 Å². The summed E-state index contributed by atoms with van der Waals surface area (Å²) in [4.78, 5) is 23.8. The van der Waals surface area contributed by atoms with Gasteiger partial charge in [0.1, 0.15) is 17.0 Å². The third-order valence-corrected chi connectivity index (χ3v) is 5.13. The third-order valence-electron chi connectivity index (χ3n) is 5.13. The molecule has 7 nitrogen and oxygen atoms in total. The number of carbonyl (C=O) groups excluding carboxylic acids is 1. The zero-order valence-electron chi connectivity index (χ0n) is 14.9. The van der Waals surface area contributed by atoms with E-state index in [1.807, 2.05) is 19.2 Å². The number of H-pyrrole nitrogens is 1. The number of nitrogens with zero attached hydrogens (tertiary/aromatic N) is 3. The molecule has 1 saturated carbocycles. The molecule has 3 heterocycles. The van der Waals surface area contributed by atoms with Crippen molar-refractivity contribution >= 4 is 28.2 Å². The molecule has 0 saturated heterocycles. The topological polar surface area (TPSA) is 84.8 Å². The van der Waals surface area contributed by atoms with E-state index >= 15 is 0 Å². The first kappa shape index (κ1) is 17.7. The van der Waals surface area contributed by atoms with Crippen molar-refractivity contribution in [2.24, 2.45) is 0 Å². The summed E-state index contributed by atoms with van der Waals surface area (Å²) in [5.41, 5.74) is 2.78. The molecule has 2 N–H and O–H groups in total. The Balaban J connectivity index is 1.48. The highest BCUT2D eigenvalue weighted by atomic mass is 19.3. The molecule has 3 aromatic heterocycles. The summed E-state index contributed by atoms with van der Waals surface area (Å²) in [6, 6.07) is 2.22. The number of amides is 1. The van der Waals surface area contributed by atoms with E-state index in [9.17, 15) is 13.6 Å².